The third-order valence-electron chi connectivity index (χ3n) is 3.87. The molecule has 2 heteroatoms. The second-order valence-corrected chi connectivity index (χ2v) is 7.36. The van der Waals surface area contributed by atoms with Crippen molar-refractivity contribution < 1.29 is 0 Å². The number of rotatable bonds is 4. The molecule has 0 aliphatic carbocycles. The third-order valence-corrected chi connectivity index (χ3v) is 3.87. The molecule has 0 amide bonds. The number of nitrogens with zero attached hydrogens (tertiary/aromatic N) is 2. The third kappa shape index (κ3) is 3.86. The molecule has 0 fully saturated rings. The van der Waals surface area contributed by atoms with Gasteiger partial charge in [-0.1, -0.05) is 36.4 Å². The van der Waals surface area contributed by atoms with Gasteiger partial charge in [0.05, 0.1) is 23.0 Å². The Bertz CT molecular complexity index is 703. The topological polar surface area (TPSA) is 47.6 Å². The Morgan fingerprint density at radius 3 is 1.41 bits per heavy atom. The van der Waals surface area contributed by atoms with Gasteiger partial charge in [-0.25, -0.2) is 0 Å². The van der Waals surface area contributed by atoms with Crippen molar-refractivity contribution in [1.82, 2.24) is 0 Å². The molecule has 0 heterocycles. The van der Waals surface area contributed by atoms with Crippen LogP contribution in [0.25, 0.3) is 10.8 Å². The van der Waals surface area contributed by atoms with E-state index in [2.05, 4.69) is 48.5 Å². The van der Waals surface area contributed by atoms with Gasteiger partial charge in [-0.15, -0.1) is 0 Å². The predicted octanol–water partition coefficient (Wildman–Crippen LogP) is 5.02. The van der Waals surface area contributed by atoms with Crippen LogP contribution in [0.4, 0.5) is 0 Å². The zero-order chi connectivity index (χ0) is 16.4. The van der Waals surface area contributed by atoms with Gasteiger partial charge in [-0.05, 0) is 62.4 Å². The fraction of sp³-hybridized carbons (Fsp3) is 0.400. The molecule has 0 aromatic heterocycles. The van der Waals surface area contributed by atoms with E-state index in [1.807, 2.05) is 27.7 Å². The van der Waals surface area contributed by atoms with E-state index in [1.54, 1.807) is 0 Å². The molecule has 112 valence electrons. The lowest BCUT2D eigenvalue weighted by molar-refractivity contribution is 0.493. The van der Waals surface area contributed by atoms with E-state index in [0.29, 0.717) is 0 Å². The maximum absolute atomic E-state index is 9.16. The fourth-order valence-corrected chi connectivity index (χ4v) is 2.66. The van der Waals surface area contributed by atoms with Gasteiger partial charge in [0.15, 0.2) is 0 Å². The SMILES string of the molecule is CC(C)(C#N)Cc1ccc2cc(CC(C)(C)C#N)ccc2c1. The minimum Gasteiger partial charge on any atom is -0.198 e. The first-order valence-corrected chi connectivity index (χ1v) is 7.59. The highest BCUT2D eigenvalue weighted by molar-refractivity contribution is 5.83. The molecular formula is C20H22N2. The standard InChI is InChI=1S/C20H22N2/c1-19(2,13-21)11-15-5-7-18-10-16(6-8-17(18)9-15)12-20(3,4)14-22/h5-10H,11-12H2,1-4H3. The molecule has 0 radical (unpaired) electrons. The molecule has 2 nitrogen and oxygen atoms in total. The highest BCUT2D eigenvalue weighted by Gasteiger charge is 2.18. The van der Waals surface area contributed by atoms with Gasteiger partial charge in [-0.3, -0.25) is 0 Å². The van der Waals surface area contributed by atoms with E-state index in [-0.39, 0.29) is 10.8 Å². The quantitative estimate of drug-likeness (QED) is 0.793. The second-order valence-electron chi connectivity index (χ2n) is 7.36. The van der Waals surface area contributed by atoms with Crippen molar-refractivity contribution in [3.63, 3.8) is 0 Å². The summed E-state index contributed by atoms with van der Waals surface area (Å²) in [4.78, 5) is 0. The average molecular weight is 290 g/mol. The Morgan fingerprint density at radius 2 is 1.09 bits per heavy atom. The summed E-state index contributed by atoms with van der Waals surface area (Å²) in [6.07, 6.45) is 1.51. The highest BCUT2D eigenvalue weighted by atomic mass is 14.3. The van der Waals surface area contributed by atoms with E-state index in [1.165, 1.54) is 21.9 Å². The minimum atomic E-state index is -0.343. The van der Waals surface area contributed by atoms with Crippen LogP contribution in [0.15, 0.2) is 36.4 Å². The Balaban J connectivity index is 2.30. The molecular weight excluding hydrogens is 268 g/mol. The molecule has 0 atom stereocenters. The van der Waals surface area contributed by atoms with Crippen LogP contribution in [-0.4, -0.2) is 0 Å². The maximum Gasteiger partial charge on any atom is 0.0687 e. The van der Waals surface area contributed by atoms with Crippen LogP contribution in [0.2, 0.25) is 0 Å². The molecule has 0 aliphatic rings. The Labute approximate surface area is 133 Å². The van der Waals surface area contributed by atoms with Gasteiger partial charge in [-0.2, -0.15) is 10.5 Å². The van der Waals surface area contributed by atoms with Crippen molar-refractivity contribution in [1.29, 1.82) is 10.5 Å². The number of nitriles is 2. The molecule has 0 unspecified atom stereocenters. The van der Waals surface area contributed by atoms with Crippen LogP contribution in [0.3, 0.4) is 0 Å². The first-order chi connectivity index (χ1) is 10.2. The van der Waals surface area contributed by atoms with Crippen molar-refractivity contribution >= 4 is 10.8 Å². The van der Waals surface area contributed by atoms with Gasteiger partial charge < -0.3 is 0 Å². The first-order valence-electron chi connectivity index (χ1n) is 7.59. The smallest absolute Gasteiger partial charge is 0.0687 e. The van der Waals surface area contributed by atoms with Crippen LogP contribution in [0, 0.1) is 33.5 Å². The van der Waals surface area contributed by atoms with Crippen LogP contribution in [-0.2, 0) is 12.8 Å². The van der Waals surface area contributed by atoms with Crippen molar-refractivity contribution in [2.45, 2.75) is 40.5 Å². The summed E-state index contributed by atoms with van der Waals surface area (Å²) in [7, 11) is 0. The minimum absolute atomic E-state index is 0.343. The van der Waals surface area contributed by atoms with Crippen molar-refractivity contribution in [3.8, 4) is 12.1 Å². The Kier molecular flexibility index (Phi) is 4.25. The Hall–Kier alpha value is -2.32. The van der Waals surface area contributed by atoms with E-state index in [4.69, 9.17) is 10.5 Å². The van der Waals surface area contributed by atoms with Crippen molar-refractivity contribution in [2.24, 2.45) is 10.8 Å². The van der Waals surface area contributed by atoms with Gasteiger partial charge in [0.25, 0.3) is 0 Å². The molecule has 2 aromatic carbocycles. The monoisotopic (exact) mass is 290 g/mol. The summed E-state index contributed by atoms with van der Waals surface area (Å²) >= 11 is 0. The largest absolute Gasteiger partial charge is 0.198 e. The zero-order valence-electron chi connectivity index (χ0n) is 13.8. The van der Waals surface area contributed by atoms with Gasteiger partial charge in [0.2, 0.25) is 0 Å². The predicted molar refractivity (Wildman–Crippen MR) is 90.1 cm³/mol. The van der Waals surface area contributed by atoms with Crippen LogP contribution < -0.4 is 0 Å². The normalized spacial score (nSPS) is 11.9. The van der Waals surface area contributed by atoms with E-state index in [9.17, 15) is 0 Å². The van der Waals surface area contributed by atoms with Gasteiger partial charge >= 0.3 is 0 Å². The molecule has 0 spiro atoms. The molecule has 0 bridgehead atoms. The second kappa shape index (κ2) is 5.82. The molecule has 0 aliphatic heterocycles. The molecule has 0 N–H and O–H groups in total. The molecule has 0 saturated heterocycles. The van der Waals surface area contributed by atoms with Gasteiger partial charge in [0.1, 0.15) is 0 Å². The highest BCUT2D eigenvalue weighted by Crippen LogP contribution is 2.26. The van der Waals surface area contributed by atoms with Crippen LogP contribution in [0.5, 0.6) is 0 Å². The summed E-state index contributed by atoms with van der Waals surface area (Å²) < 4.78 is 0. The van der Waals surface area contributed by atoms with Crippen molar-refractivity contribution in [2.75, 3.05) is 0 Å². The lowest BCUT2D eigenvalue weighted by Gasteiger charge is -2.17. The number of benzene rings is 2. The van der Waals surface area contributed by atoms with E-state index in [0.717, 1.165) is 12.8 Å². The lowest BCUT2D eigenvalue weighted by atomic mass is 9.85. The lowest BCUT2D eigenvalue weighted by Crippen LogP contribution is -2.12. The van der Waals surface area contributed by atoms with Crippen molar-refractivity contribution in [3.05, 3.63) is 47.5 Å². The summed E-state index contributed by atoms with van der Waals surface area (Å²) in [6.45, 7) is 7.85. The van der Waals surface area contributed by atoms with Crippen LogP contribution >= 0.6 is 0 Å². The first kappa shape index (κ1) is 16.1. The number of fused-ring (bicyclic) bond motifs is 1. The number of hydrogen-bond donors (Lipinski definition) is 0. The summed E-state index contributed by atoms with van der Waals surface area (Å²) in [5, 5.41) is 20.7. The number of hydrogen-bond acceptors (Lipinski definition) is 2. The molecule has 0 saturated carbocycles. The van der Waals surface area contributed by atoms with E-state index >= 15 is 0 Å². The zero-order valence-corrected chi connectivity index (χ0v) is 13.8. The van der Waals surface area contributed by atoms with Crippen LogP contribution in [0.1, 0.15) is 38.8 Å². The fourth-order valence-electron chi connectivity index (χ4n) is 2.66. The maximum atomic E-state index is 9.16. The molecule has 2 aromatic rings. The molecule has 22 heavy (non-hydrogen) atoms. The molecule has 2 rings (SSSR count). The van der Waals surface area contributed by atoms with E-state index < -0.39 is 0 Å². The van der Waals surface area contributed by atoms with Gasteiger partial charge in [0, 0.05) is 0 Å². The summed E-state index contributed by atoms with van der Waals surface area (Å²) in [5.74, 6) is 0. The summed E-state index contributed by atoms with van der Waals surface area (Å²) in [5.41, 5.74) is 1.68. The summed E-state index contributed by atoms with van der Waals surface area (Å²) in [6, 6.07) is 17.4. The Morgan fingerprint density at radius 1 is 0.727 bits per heavy atom. The average Bonchev–Trinajstić information content (AvgIpc) is 2.47.